The minimum atomic E-state index is 0.343. The molecule has 0 fully saturated rings. The fourth-order valence-electron chi connectivity index (χ4n) is 1.55. The largest absolute Gasteiger partial charge is 0.488 e. The van der Waals surface area contributed by atoms with E-state index in [9.17, 15) is 0 Å². The van der Waals surface area contributed by atoms with Crippen LogP contribution in [0, 0.1) is 18.3 Å². The summed E-state index contributed by atoms with van der Waals surface area (Å²) < 4.78 is 5.68. The van der Waals surface area contributed by atoms with Crippen LogP contribution < -0.4 is 10.5 Å². The zero-order valence-electron chi connectivity index (χ0n) is 10.1. The molecule has 0 saturated carbocycles. The van der Waals surface area contributed by atoms with Crippen molar-refractivity contribution in [3.63, 3.8) is 0 Å². The third-order valence-electron chi connectivity index (χ3n) is 2.63. The summed E-state index contributed by atoms with van der Waals surface area (Å²) in [5, 5.41) is 8.85. The molecule has 2 rings (SSSR count). The van der Waals surface area contributed by atoms with Gasteiger partial charge in [0.05, 0.1) is 11.6 Å². The summed E-state index contributed by atoms with van der Waals surface area (Å²) in [6, 6.07) is 11.1. The molecule has 0 aliphatic rings. The summed E-state index contributed by atoms with van der Waals surface area (Å²) in [5.41, 5.74) is 8.13. The number of hydrogen-bond acceptors (Lipinski definition) is 4. The highest BCUT2D eigenvalue weighted by Crippen LogP contribution is 2.21. The van der Waals surface area contributed by atoms with Crippen molar-refractivity contribution in [1.82, 2.24) is 4.98 Å². The van der Waals surface area contributed by atoms with Crippen molar-refractivity contribution in [2.24, 2.45) is 0 Å². The Morgan fingerprint density at radius 1 is 1.39 bits per heavy atom. The Kier molecular flexibility index (Phi) is 3.44. The number of nitrogens with zero attached hydrogens (tertiary/aromatic N) is 2. The zero-order valence-corrected chi connectivity index (χ0v) is 10.1. The van der Waals surface area contributed by atoms with Crippen molar-refractivity contribution in [2.75, 3.05) is 5.73 Å². The van der Waals surface area contributed by atoms with E-state index in [1.165, 1.54) is 0 Å². The van der Waals surface area contributed by atoms with Gasteiger partial charge in [-0.25, -0.2) is 4.98 Å². The third-order valence-corrected chi connectivity index (χ3v) is 2.63. The van der Waals surface area contributed by atoms with Crippen molar-refractivity contribution in [1.29, 1.82) is 5.26 Å². The van der Waals surface area contributed by atoms with Crippen LogP contribution in [0.5, 0.6) is 5.75 Å². The Hall–Kier alpha value is -2.54. The van der Waals surface area contributed by atoms with Gasteiger partial charge in [-0.15, -0.1) is 0 Å². The first kappa shape index (κ1) is 11.9. The first-order valence-corrected chi connectivity index (χ1v) is 5.53. The van der Waals surface area contributed by atoms with Crippen LogP contribution in [0.25, 0.3) is 0 Å². The van der Waals surface area contributed by atoms with Crippen LogP contribution in [0.4, 0.5) is 5.82 Å². The summed E-state index contributed by atoms with van der Waals surface area (Å²) in [6.45, 7) is 2.28. The Bertz CT molecular complexity index is 602. The van der Waals surface area contributed by atoms with Gasteiger partial charge in [0.25, 0.3) is 0 Å². The number of aryl methyl sites for hydroxylation is 1. The monoisotopic (exact) mass is 239 g/mol. The molecule has 90 valence electrons. The van der Waals surface area contributed by atoms with Gasteiger partial charge < -0.3 is 10.5 Å². The van der Waals surface area contributed by atoms with Gasteiger partial charge >= 0.3 is 0 Å². The van der Waals surface area contributed by atoms with E-state index in [2.05, 4.69) is 11.1 Å². The van der Waals surface area contributed by atoms with Crippen LogP contribution in [0.1, 0.15) is 16.7 Å². The SMILES string of the molecule is Cc1ccc(C#N)cc1OCc1cccnc1N. The van der Waals surface area contributed by atoms with Gasteiger partial charge in [0.15, 0.2) is 0 Å². The van der Waals surface area contributed by atoms with Gasteiger partial charge in [-0.05, 0) is 30.7 Å². The Morgan fingerprint density at radius 2 is 2.22 bits per heavy atom. The van der Waals surface area contributed by atoms with E-state index in [4.69, 9.17) is 15.7 Å². The van der Waals surface area contributed by atoms with Crippen molar-refractivity contribution in [2.45, 2.75) is 13.5 Å². The number of anilines is 1. The third kappa shape index (κ3) is 2.58. The van der Waals surface area contributed by atoms with Gasteiger partial charge in [0.2, 0.25) is 0 Å². The smallest absolute Gasteiger partial charge is 0.129 e. The second-order valence-corrected chi connectivity index (χ2v) is 3.93. The van der Waals surface area contributed by atoms with Crippen LogP contribution in [0.3, 0.4) is 0 Å². The predicted molar refractivity (Wildman–Crippen MR) is 68.9 cm³/mol. The molecular formula is C14H13N3O. The quantitative estimate of drug-likeness (QED) is 0.892. The van der Waals surface area contributed by atoms with Crippen LogP contribution in [0.2, 0.25) is 0 Å². The highest BCUT2D eigenvalue weighted by molar-refractivity contribution is 5.43. The normalized spacial score (nSPS) is 9.78. The van der Waals surface area contributed by atoms with E-state index in [0.717, 1.165) is 11.1 Å². The molecule has 0 radical (unpaired) electrons. The van der Waals surface area contributed by atoms with E-state index in [1.807, 2.05) is 25.1 Å². The number of hydrogen-bond donors (Lipinski definition) is 1. The van der Waals surface area contributed by atoms with Crippen LogP contribution in [-0.4, -0.2) is 4.98 Å². The van der Waals surface area contributed by atoms with E-state index in [0.29, 0.717) is 23.7 Å². The van der Waals surface area contributed by atoms with Crippen molar-refractivity contribution < 1.29 is 4.74 Å². The lowest BCUT2D eigenvalue weighted by molar-refractivity contribution is 0.304. The van der Waals surface area contributed by atoms with E-state index in [1.54, 1.807) is 18.3 Å². The molecule has 18 heavy (non-hydrogen) atoms. The van der Waals surface area contributed by atoms with E-state index >= 15 is 0 Å². The number of benzene rings is 1. The van der Waals surface area contributed by atoms with Crippen molar-refractivity contribution >= 4 is 5.82 Å². The molecule has 0 saturated heterocycles. The summed E-state index contributed by atoms with van der Waals surface area (Å²) >= 11 is 0. The van der Waals surface area contributed by atoms with Crippen LogP contribution in [-0.2, 0) is 6.61 Å². The predicted octanol–water partition coefficient (Wildman–Crippen LogP) is 2.42. The second-order valence-electron chi connectivity index (χ2n) is 3.93. The van der Waals surface area contributed by atoms with Crippen LogP contribution >= 0.6 is 0 Å². The number of nitriles is 1. The topological polar surface area (TPSA) is 71.9 Å². The van der Waals surface area contributed by atoms with Gasteiger partial charge in [-0.1, -0.05) is 12.1 Å². The Morgan fingerprint density at radius 3 is 2.94 bits per heavy atom. The first-order chi connectivity index (χ1) is 8.70. The van der Waals surface area contributed by atoms with Crippen molar-refractivity contribution in [3.05, 3.63) is 53.2 Å². The molecule has 0 bridgehead atoms. The number of ether oxygens (including phenoxy) is 1. The molecule has 0 unspecified atom stereocenters. The molecule has 0 aliphatic carbocycles. The average Bonchev–Trinajstić information content (AvgIpc) is 2.39. The molecule has 1 aromatic heterocycles. The minimum Gasteiger partial charge on any atom is -0.488 e. The van der Waals surface area contributed by atoms with E-state index < -0.39 is 0 Å². The molecule has 2 aromatic rings. The lowest BCUT2D eigenvalue weighted by atomic mass is 10.1. The fraction of sp³-hybridized carbons (Fsp3) is 0.143. The molecule has 4 heteroatoms. The van der Waals surface area contributed by atoms with E-state index in [-0.39, 0.29) is 0 Å². The molecule has 1 heterocycles. The highest BCUT2D eigenvalue weighted by atomic mass is 16.5. The molecule has 0 amide bonds. The molecule has 0 atom stereocenters. The average molecular weight is 239 g/mol. The summed E-state index contributed by atoms with van der Waals surface area (Å²) in [7, 11) is 0. The number of rotatable bonds is 3. The highest BCUT2D eigenvalue weighted by Gasteiger charge is 2.04. The molecular weight excluding hydrogens is 226 g/mol. The molecule has 4 nitrogen and oxygen atoms in total. The number of nitrogens with two attached hydrogens (primary N) is 1. The summed E-state index contributed by atoms with van der Waals surface area (Å²) in [6.07, 6.45) is 1.64. The maximum absolute atomic E-state index is 8.85. The maximum atomic E-state index is 8.85. The number of pyridine rings is 1. The zero-order chi connectivity index (χ0) is 13.0. The van der Waals surface area contributed by atoms with Crippen molar-refractivity contribution in [3.8, 4) is 11.8 Å². The first-order valence-electron chi connectivity index (χ1n) is 5.53. The van der Waals surface area contributed by atoms with Gasteiger partial charge in [-0.2, -0.15) is 5.26 Å². The fourth-order valence-corrected chi connectivity index (χ4v) is 1.55. The Labute approximate surface area is 106 Å². The molecule has 0 aliphatic heterocycles. The minimum absolute atomic E-state index is 0.343. The summed E-state index contributed by atoms with van der Waals surface area (Å²) in [5.74, 6) is 1.16. The molecule has 1 aromatic carbocycles. The van der Waals surface area contributed by atoms with Gasteiger partial charge in [0, 0.05) is 11.8 Å². The number of nitrogen functional groups attached to an aromatic ring is 1. The summed E-state index contributed by atoms with van der Waals surface area (Å²) in [4.78, 5) is 3.99. The maximum Gasteiger partial charge on any atom is 0.129 e. The Balaban J connectivity index is 2.16. The molecule has 0 spiro atoms. The van der Waals surface area contributed by atoms with Gasteiger partial charge in [-0.3, -0.25) is 0 Å². The van der Waals surface area contributed by atoms with Crippen LogP contribution in [0.15, 0.2) is 36.5 Å². The lowest BCUT2D eigenvalue weighted by Gasteiger charge is -2.10. The molecule has 2 N–H and O–H groups in total. The lowest BCUT2D eigenvalue weighted by Crippen LogP contribution is -2.02. The standard InChI is InChI=1S/C14H13N3O/c1-10-4-5-11(8-15)7-13(10)18-9-12-3-2-6-17-14(12)16/h2-7H,9H2,1H3,(H2,16,17). The number of aromatic nitrogens is 1. The second kappa shape index (κ2) is 5.19. The van der Waals surface area contributed by atoms with Gasteiger partial charge in [0.1, 0.15) is 18.2 Å².